The van der Waals surface area contributed by atoms with Crippen molar-refractivity contribution in [3.8, 4) is 0 Å². The van der Waals surface area contributed by atoms with Gasteiger partial charge >= 0.3 is 11.9 Å². The Hall–Kier alpha value is -1.49. The van der Waals surface area contributed by atoms with Crippen LogP contribution < -0.4 is 0 Å². The van der Waals surface area contributed by atoms with Gasteiger partial charge in [-0.1, -0.05) is 0 Å². The highest BCUT2D eigenvalue weighted by Crippen LogP contribution is 2.14. The van der Waals surface area contributed by atoms with Crippen LogP contribution in [0.4, 0.5) is 0 Å². The molecule has 1 rings (SSSR count). The molecule has 0 saturated carbocycles. The molecule has 0 atom stereocenters. The molecule has 0 saturated heterocycles. The van der Waals surface area contributed by atoms with E-state index in [-0.39, 0.29) is 13.0 Å². The smallest absolute Gasteiger partial charge is 0.339 e. The lowest BCUT2D eigenvalue weighted by Crippen LogP contribution is -2.14. The summed E-state index contributed by atoms with van der Waals surface area (Å²) in [5.41, 5.74) is 0.718. The first-order valence-electron chi connectivity index (χ1n) is 5.23. The van der Waals surface area contributed by atoms with Crippen LogP contribution in [0.1, 0.15) is 23.0 Å². The quantitative estimate of drug-likeness (QED) is 0.621. The number of aliphatic carboxylic acids is 1. The number of aryl methyl sites for hydroxylation is 1. The number of carboxylic acids is 1. The summed E-state index contributed by atoms with van der Waals surface area (Å²) in [4.78, 5) is 22.4. The van der Waals surface area contributed by atoms with Gasteiger partial charge in [-0.05, 0) is 13.0 Å². The predicted octanol–water partition coefficient (Wildman–Crippen LogP) is 1.53. The fraction of sp³-hybridized carbons (Fsp3) is 0.455. The lowest BCUT2D eigenvalue weighted by molar-refractivity contribution is -0.136. The van der Waals surface area contributed by atoms with Crippen molar-refractivity contribution in [1.29, 1.82) is 0 Å². The van der Waals surface area contributed by atoms with E-state index in [1.807, 2.05) is 0 Å². The molecular formula is C11H14ClNO4. The van der Waals surface area contributed by atoms with Gasteiger partial charge in [0, 0.05) is 24.3 Å². The fourth-order valence-electron chi connectivity index (χ4n) is 1.54. The molecule has 0 aromatic carbocycles. The summed E-state index contributed by atoms with van der Waals surface area (Å²) in [6.07, 6.45) is 1.42. The van der Waals surface area contributed by atoms with Crippen molar-refractivity contribution >= 4 is 23.5 Å². The number of hydrogen-bond donors (Lipinski definition) is 1. The Kier molecular flexibility index (Phi) is 5.03. The number of carbonyl (C=O) groups is 2. The largest absolute Gasteiger partial charge is 0.481 e. The van der Waals surface area contributed by atoms with Crippen LogP contribution in [0, 0.1) is 0 Å². The van der Waals surface area contributed by atoms with Gasteiger partial charge in [-0.15, -0.1) is 11.6 Å². The van der Waals surface area contributed by atoms with Crippen LogP contribution in [0.15, 0.2) is 12.3 Å². The molecule has 0 aliphatic rings. The number of hydrogen-bond acceptors (Lipinski definition) is 3. The Bertz CT molecular complexity index is 414. The Morgan fingerprint density at radius 2 is 2.24 bits per heavy atom. The van der Waals surface area contributed by atoms with Crippen LogP contribution in [0.3, 0.4) is 0 Å². The number of nitrogens with zero attached hydrogens (tertiary/aromatic N) is 1. The zero-order chi connectivity index (χ0) is 12.8. The van der Waals surface area contributed by atoms with E-state index in [9.17, 15) is 9.59 Å². The number of aromatic nitrogens is 1. The molecule has 0 unspecified atom stereocenters. The van der Waals surface area contributed by atoms with Crippen LogP contribution in [0.5, 0.6) is 0 Å². The van der Waals surface area contributed by atoms with Gasteiger partial charge < -0.3 is 14.4 Å². The Morgan fingerprint density at radius 1 is 1.53 bits per heavy atom. The zero-order valence-electron chi connectivity index (χ0n) is 9.48. The van der Waals surface area contributed by atoms with Crippen molar-refractivity contribution in [3.63, 3.8) is 0 Å². The highest BCUT2D eigenvalue weighted by atomic mass is 35.5. The molecule has 17 heavy (non-hydrogen) atoms. The van der Waals surface area contributed by atoms with Crippen LogP contribution in [-0.2, 0) is 22.5 Å². The average molecular weight is 260 g/mol. The normalized spacial score (nSPS) is 10.2. The summed E-state index contributed by atoms with van der Waals surface area (Å²) in [7, 11) is 0. The van der Waals surface area contributed by atoms with Gasteiger partial charge in [-0.25, -0.2) is 4.79 Å². The topological polar surface area (TPSA) is 68.5 Å². The molecule has 0 fully saturated rings. The third-order valence-electron chi connectivity index (χ3n) is 2.22. The van der Waals surface area contributed by atoms with E-state index in [2.05, 4.69) is 0 Å². The minimum absolute atomic E-state index is 0.224. The number of carbonyl (C=O) groups excluding carboxylic acids is 1. The summed E-state index contributed by atoms with van der Waals surface area (Å²) in [6.45, 7) is 2.42. The van der Waals surface area contributed by atoms with Gasteiger partial charge in [0.15, 0.2) is 0 Å². The number of rotatable bonds is 6. The van der Waals surface area contributed by atoms with Crippen molar-refractivity contribution in [3.05, 3.63) is 23.5 Å². The van der Waals surface area contributed by atoms with Crippen molar-refractivity contribution in [2.75, 3.05) is 12.5 Å². The van der Waals surface area contributed by atoms with Gasteiger partial charge in [0.1, 0.15) is 0 Å². The summed E-state index contributed by atoms with van der Waals surface area (Å²) in [6, 6.07) is 1.56. The summed E-state index contributed by atoms with van der Waals surface area (Å²) >= 11 is 5.61. The molecule has 1 heterocycles. The molecule has 0 aliphatic heterocycles. The van der Waals surface area contributed by atoms with E-state index in [1.165, 1.54) is 0 Å². The first-order chi connectivity index (χ1) is 8.10. The maximum Gasteiger partial charge on any atom is 0.339 e. The number of ether oxygens (including phenoxy) is 1. The van der Waals surface area contributed by atoms with Gasteiger partial charge in [0.2, 0.25) is 0 Å². The highest BCUT2D eigenvalue weighted by Gasteiger charge is 2.18. The van der Waals surface area contributed by atoms with Crippen molar-refractivity contribution in [1.82, 2.24) is 4.57 Å². The number of carboxylic acid groups (broad SMARTS) is 1. The lowest BCUT2D eigenvalue weighted by Gasteiger charge is -2.07. The minimum Gasteiger partial charge on any atom is -0.481 e. The molecule has 1 N–H and O–H groups in total. The molecule has 0 bridgehead atoms. The number of alkyl halides is 1. The predicted molar refractivity (Wildman–Crippen MR) is 62.4 cm³/mol. The molecule has 0 aliphatic carbocycles. The average Bonchev–Trinajstić information content (AvgIpc) is 2.62. The third kappa shape index (κ3) is 3.49. The molecular weight excluding hydrogens is 246 g/mol. The van der Waals surface area contributed by atoms with Crippen molar-refractivity contribution in [2.45, 2.75) is 19.9 Å². The van der Waals surface area contributed by atoms with E-state index < -0.39 is 11.9 Å². The number of halogens is 1. The molecule has 94 valence electrons. The minimum atomic E-state index is -0.995. The third-order valence-corrected chi connectivity index (χ3v) is 2.39. The Labute approximate surface area is 104 Å². The zero-order valence-corrected chi connectivity index (χ0v) is 10.2. The van der Waals surface area contributed by atoms with E-state index in [0.717, 1.165) is 0 Å². The standard InChI is InChI=1S/C11H14ClNO4/c1-2-17-11(16)8-3-5-13(6-4-12)9(8)7-10(14)15/h3,5H,2,4,6-7H2,1H3,(H,14,15). The van der Waals surface area contributed by atoms with E-state index in [1.54, 1.807) is 23.8 Å². The molecule has 5 nitrogen and oxygen atoms in total. The van der Waals surface area contributed by atoms with Gasteiger partial charge in [0.25, 0.3) is 0 Å². The molecule has 0 spiro atoms. The van der Waals surface area contributed by atoms with Crippen LogP contribution in [-0.4, -0.2) is 34.1 Å². The van der Waals surface area contributed by atoms with Gasteiger partial charge in [-0.3, -0.25) is 4.79 Å². The molecule has 0 amide bonds. The summed E-state index contributed by atoms with van der Waals surface area (Å²) < 4.78 is 6.52. The van der Waals surface area contributed by atoms with Crippen LogP contribution in [0.2, 0.25) is 0 Å². The van der Waals surface area contributed by atoms with E-state index >= 15 is 0 Å². The van der Waals surface area contributed by atoms with Crippen molar-refractivity contribution < 1.29 is 19.4 Å². The van der Waals surface area contributed by atoms with E-state index in [4.69, 9.17) is 21.4 Å². The molecule has 1 aromatic heterocycles. The monoisotopic (exact) mass is 259 g/mol. The number of esters is 1. The molecule has 6 heteroatoms. The van der Waals surface area contributed by atoms with Crippen LogP contribution in [0.25, 0.3) is 0 Å². The Morgan fingerprint density at radius 3 is 2.76 bits per heavy atom. The van der Waals surface area contributed by atoms with E-state index in [0.29, 0.717) is 23.7 Å². The maximum absolute atomic E-state index is 11.6. The van der Waals surface area contributed by atoms with Gasteiger partial charge in [0.05, 0.1) is 18.6 Å². The summed E-state index contributed by atoms with van der Waals surface area (Å²) in [5, 5.41) is 8.82. The second-order valence-electron chi connectivity index (χ2n) is 3.35. The fourth-order valence-corrected chi connectivity index (χ4v) is 1.72. The SMILES string of the molecule is CCOC(=O)c1ccn(CCCl)c1CC(=O)O. The first-order valence-corrected chi connectivity index (χ1v) is 5.76. The summed E-state index contributed by atoms with van der Waals surface area (Å²) in [5.74, 6) is -1.15. The second-order valence-corrected chi connectivity index (χ2v) is 3.73. The molecule has 1 aromatic rings. The molecule has 0 radical (unpaired) electrons. The second kappa shape index (κ2) is 6.30. The van der Waals surface area contributed by atoms with Gasteiger partial charge in [-0.2, -0.15) is 0 Å². The lowest BCUT2D eigenvalue weighted by atomic mass is 10.2. The Balaban J connectivity index is 3.03. The first kappa shape index (κ1) is 13.6. The van der Waals surface area contributed by atoms with Crippen molar-refractivity contribution in [2.24, 2.45) is 0 Å². The van der Waals surface area contributed by atoms with Crippen LogP contribution >= 0.6 is 11.6 Å². The maximum atomic E-state index is 11.6. The highest BCUT2D eigenvalue weighted by molar-refractivity contribution is 6.17.